The lowest BCUT2D eigenvalue weighted by Gasteiger charge is -2.35. The van der Waals surface area contributed by atoms with Gasteiger partial charge in [0.25, 0.3) is 23.6 Å². The number of hydrogen-bond acceptors (Lipinski definition) is 14. The Kier molecular flexibility index (Phi) is 14.3. The van der Waals surface area contributed by atoms with Crippen molar-refractivity contribution in [3.8, 4) is 0 Å². The third-order valence-corrected chi connectivity index (χ3v) is 13.3. The molecule has 8 rings (SSSR count). The number of amides is 4. The second-order valence-corrected chi connectivity index (χ2v) is 17.4. The minimum Gasteiger partial charge on any atom is -0.384 e. The van der Waals surface area contributed by atoms with Gasteiger partial charge in [-0.15, -0.1) is 0 Å². The SMILES string of the molecule is CN1CCN(CCCNc2cc3c4c(c(NCCCN5CCN(C)CC5)cc5c4c2C(=O)N(CCCN2CCOCC2)C5=O)C(=O)N(CCCN2CCOCC2)C3=O)CC1. The predicted molar refractivity (Wildman–Crippen MR) is 233 cm³/mol. The fraction of sp³-hybridized carbons (Fsp3) is 0.682. The molecule has 16 nitrogen and oxygen atoms in total. The number of anilines is 2. The first kappa shape index (κ1) is 42.9. The Labute approximate surface area is 355 Å². The summed E-state index contributed by atoms with van der Waals surface area (Å²) in [5, 5.41) is 7.97. The van der Waals surface area contributed by atoms with Crippen LogP contribution < -0.4 is 10.6 Å². The number of piperazine rings is 2. The van der Waals surface area contributed by atoms with E-state index in [1.54, 1.807) is 12.1 Å². The number of carbonyl (C=O) groups is 4. The van der Waals surface area contributed by atoms with Crippen molar-refractivity contribution in [2.24, 2.45) is 0 Å². The van der Waals surface area contributed by atoms with Gasteiger partial charge in [-0.2, -0.15) is 0 Å². The lowest BCUT2D eigenvalue weighted by Crippen LogP contribution is -2.46. The largest absolute Gasteiger partial charge is 0.384 e. The highest BCUT2D eigenvalue weighted by Gasteiger charge is 2.43. The molecule has 0 unspecified atom stereocenters. The molecule has 0 aromatic heterocycles. The van der Waals surface area contributed by atoms with Gasteiger partial charge >= 0.3 is 0 Å². The molecule has 2 N–H and O–H groups in total. The summed E-state index contributed by atoms with van der Waals surface area (Å²) < 4.78 is 11.1. The molecule has 0 bridgehead atoms. The maximum Gasteiger partial charge on any atom is 0.263 e. The molecule has 2 aromatic carbocycles. The first-order chi connectivity index (χ1) is 29.3. The smallest absolute Gasteiger partial charge is 0.263 e. The summed E-state index contributed by atoms with van der Waals surface area (Å²) >= 11 is 0. The summed E-state index contributed by atoms with van der Waals surface area (Å²) in [5.74, 6) is -1.52. The molecular formula is C44H66N10O6. The standard InChI is InChI=1S/C44H66N10O6/c1-47-15-19-49(20-16-47)9-3-7-45-35-31-33-38-37-34(42(56)53(43(57)39(35)37)13-5-11-51-23-27-59-28-24-51)32-36(46-8-4-10-50-21-17-48(2)18-22-50)40(38)44(58)54(41(33)55)14-6-12-52-25-29-60-30-26-52/h31-32,45-46H,3-30H2,1-2H3. The molecule has 2 aromatic rings. The summed E-state index contributed by atoms with van der Waals surface area (Å²) in [7, 11) is 4.30. The van der Waals surface area contributed by atoms with E-state index in [1.165, 1.54) is 9.80 Å². The van der Waals surface area contributed by atoms with Gasteiger partial charge < -0.3 is 39.7 Å². The van der Waals surface area contributed by atoms with Gasteiger partial charge in [-0.05, 0) is 65.0 Å². The Morgan fingerprint density at radius 2 is 0.800 bits per heavy atom. The minimum absolute atomic E-state index is 0.269. The second-order valence-electron chi connectivity index (χ2n) is 17.4. The molecule has 60 heavy (non-hydrogen) atoms. The molecule has 4 saturated heterocycles. The first-order valence-electron chi connectivity index (χ1n) is 22.6. The molecule has 328 valence electrons. The highest BCUT2D eigenvalue weighted by Crippen LogP contribution is 2.44. The van der Waals surface area contributed by atoms with Gasteiger partial charge in [-0.1, -0.05) is 0 Å². The summed E-state index contributed by atoms with van der Waals surface area (Å²) in [4.78, 5) is 75.8. The molecule has 4 fully saturated rings. The third-order valence-electron chi connectivity index (χ3n) is 13.3. The Morgan fingerprint density at radius 3 is 1.18 bits per heavy atom. The van der Waals surface area contributed by atoms with E-state index in [0.29, 0.717) is 96.8 Å². The molecule has 6 aliphatic heterocycles. The number of nitrogens with one attached hydrogen (secondary N) is 2. The molecule has 0 atom stereocenters. The molecule has 16 heteroatoms. The molecule has 6 heterocycles. The van der Waals surface area contributed by atoms with Gasteiger partial charge in [0.05, 0.1) is 48.7 Å². The van der Waals surface area contributed by atoms with Crippen LogP contribution in [0.1, 0.15) is 67.1 Å². The molecule has 0 spiro atoms. The fourth-order valence-corrected chi connectivity index (χ4v) is 9.60. The van der Waals surface area contributed by atoms with Crippen LogP contribution in [0, 0.1) is 0 Å². The maximum atomic E-state index is 14.7. The Hall–Kier alpha value is -3.74. The van der Waals surface area contributed by atoms with Crippen LogP contribution >= 0.6 is 0 Å². The predicted octanol–water partition coefficient (Wildman–Crippen LogP) is 1.58. The number of ether oxygens (including phenoxy) is 2. The third kappa shape index (κ3) is 9.65. The molecule has 0 saturated carbocycles. The van der Waals surface area contributed by atoms with E-state index in [4.69, 9.17) is 9.47 Å². The average Bonchev–Trinajstić information content (AvgIpc) is 3.26. The van der Waals surface area contributed by atoms with Crippen molar-refractivity contribution in [1.29, 1.82) is 0 Å². The highest BCUT2D eigenvalue weighted by molar-refractivity contribution is 6.36. The minimum atomic E-state index is -0.382. The number of nitrogens with zero attached hydrogens (tertiary/aromatic N) is 8. The van der Waals surface area contributed by atoms with E-state index in [-0.39, 0.29) is 36.7 Å². The van der Waals surface area contributed by atoms with Crippen LogP contribution in [0.3, 0.4) is 0 Å². The number of likely N-dealkylation sites (N-methyl/N-ethyl adjacent to an activating group) is 2. The van der Waals surface area contributed by atoms with Gasteiger partial charge in [0, 0.05) is 140 Å². The second kappa shape index (κ2) is 20.0. The van der Waals surface area contributed by atoms with Crippen molar-refractivity contribution in [1.82, 2.24) is 39.2 Å². The number of morpholine rings is 2. The zero-order valence-corrected chi connectivity index (χ0v) is 36.0. The zero-order valence-electron chi connectivity index (χ0n) is 36.0. The monoisotopic (exact) mass is 831 g/mol. The van der Waals surface area contributed by atoms with Crippen molar-refractivity contribution in [2.75, 3.05) is 182 Å². The van der Waals surface area contributed by atoms with Crippen molar-refractivity contribution in [3.05, 3.63) is 34.4 Å². The van der Waals surface area contributed by atoms with E-state index < -0.39 is 0 Å². The summed E-state index contributed by atoms with van der Waals surface area (Å²) in [6.07, 6.45) is 2.96. The summed E-state index contributed by atoms with van der Waals surface area (Å²) in [6, 6.07) is 3.59. The Balaban J connectivity index is 1.11. The zero-order chi connectivity index (χ0) is 41.6. The van der Waals surface area contributed by atoms with E-state index in [1.807, 2.05) is 0 Å². The van der Waals surface area contributed by atoms with E-state index in [9.17, 15) is 19.2 Å². The van der Waals surface area contributed by atoms with Crippen molar-refractivity contribution in [2.45, 2.75) is 25.7 Å². The first-order valence-corrected chi connectivity index (χ1v) is 22.6. The van der Waals surface area contributed by atoms with Crippen LogP contribution in [-0.2, 0) is 9.47 Å². The van der Waals surface area contributed by atoms with E-state index in [2.05, 4.69) is 54.1 Å². The van der Waals surface area contributed by atoms with Crippen molar-refractivity contribution >= 4 is 45.8 Å². The maximum absolute atomic E-state index is 14.7. The number of benzene rings is 2. The van der Waals surface area contributed by atoms with Gasteiger partial charge in [-0.25, -0.2) is 0 Å². The van der Waals surface area contributed by atoms with E-state index in [0.717, 1.165) is 118 Å². The topological polar surface area (TPSA) is 137 Å². The lowest BCUT2D eigenvalue weighted by molar-refractivity contribution is 0.0351. The Morgan fingerprint density at radius 1 is 0.450 bits per heavy atom. The van der Waals surface area contributed by atoms with Gasteiger partial charge in [0.2, 0.25) is 0 Å². The van der Waals surface area contributed by atoms with Gasteiger partial charge in [-0.3, -0.25) is 38.8 Å². The van der Waals surface area contributed by atoms with Crippen LogP contribution in [0.4, 0.5) is 11.4 Å². The summed E-state index contributed by atoms with van der Waals surface area (Å²) in [5.41, 5.74) is 2.56. The number of rotatable bonds is 18. The molecule has 0 aliphatic carbocycles. The highest BCUT2D eigenvalue weighted by atomic mass is 16.5. The number of hydrogen-bond donors (Lipinski definition) is 2. The molecule has 6 aliphatic rings. The fourth-order valence-electron chi connectivity index (χ4n) is 9.60. The van der Waals surface area contributed by atoms with Gasteiger partial charge in [0.1, 0.15) is 0 Å². The number of carbonyl (C=O) groups excluding carboxylic acids is 4. The summed E-state index contributed by atoms with van der Waals surface area (Å²) in [6.45, 7) is 19.3. The molecule has 4 amide bonds. The van der Waals surface area contributed by atoms with Crippen LogP contribution in [0.2, 0.25) is 0 Å². The molecule has 0 radical (unpaired) electrons. The quantitative estimate of drug-likeness (QED) is 0.166. The average molecular weight is 831 g/mol. The van der Waals surface area contributed by atoms with E-state index >= 15 is 0 Å². The number of imide groups is 2. The van der Waals surface area contributed by atoms with Crippen LogP contribution in [-0.4, -0.2) is 234 Å². The van der Waals surface area contributed by atoms with Crippen LogP contribution in [0.25, 0.3) is 10.8 Å². The molecular weight excluding hydrogens is 765 g/mol. The van der Waals surface area contributed by atoms with Crippen molar-refractivity contribution < 1.29 is 28.7 Å². The Bertz CT molecular complexity index is 1730. The normalized spacial score (nSPS) is 21.8. The van der Waals surface area contributed by atoms with Crippen LogP contribution in [0.5, 0.6) is 0 Å². The van der Waals surface area contributed by atoms with Crippen molar-refractivity contribution in [3.63, 3.8) is 0 Å². The van der Waals surface area contributed by atoms with Gasteiger partial charge in [0.15, 0.2) is 0 Å². The lowest BCUT2D eigenvalue weighted by atomic mass is 9.83. The van der Waals surface area contributed by atoms with Crippen LogP contribution in [0.15, 0.2) is 12.1 Å².